The van der Waals surface area contributed by atoms with E-state index in [0.29, 0.717) is 0 Å². The summed E-state index contributed by atoms with van der Waals surface area (Å²) in [5.74, 6) is -5.13. The van der Waals surface area contributed by atoms with Crippen LogP contribution in [-0.4, -0.2) is 61.8 Å². The first-order chi connectivity index (χ1) is 18.0. The lowest BCUT2D eigenvalue weighted by Gasteiger charge is -2.38. The highest BCUT2D eigenvalue weighted by Gasteiger charge is 2.41. The quantitative estimate of drug-likeness (QED) is 0.139. The number of nitrogens with zero attached hydrogens (tertiary/aromatic N) is 5. The molecule has 1 aliphatic rings. The van der Waals surface area contributed by atoms with Gasteiger partial charge in [0.1, 0.15) is 29.8 Å². The molecule has 38 heavy (non-hydrogen) atoms. The first kappa shape index (κ1) is 27.9. The van der Waals surface area contributed by atoms with E-state index >= 15 is 0 Å². The van der Waals surface area contributed by atoms with Crippen LogP contribution in [0.4, 0.5) is 23.2 Å². The molecule has 2 heterocycles. The molecule has 0 spiro atoms. The fraction of sp³-hybridized carbons (Fsp3) is 0.304. The van der Waals surface area contributed by atoms with Gasteiger partial charge in [-0.3, -0.25) is 0 Å². The van der Waals surface area contributed by atoms with Gasteiger partial charge >= 0.3 is 0 Å². The first-order valence-electron chi connectivity index (χ1n) is 11.0. The molecule has 4 unspecified atom stereocenters. The van der Waals surface area contributed by atoms with Gasteiger partial charge in [-0.2, -0.15) is 0 Å². The number of benzene rings is 2. The highest BCUT2D eigenvalue weighted by atomic mass is 35.5. The van der Waals surface area contributed by atoms with Crippen LogP contribution >= 0.6 is 23.2 Å². The summed E-state index contributed by atoms with van der Waals surface area (Å²) in [5, 5.41) is 28.2. The molecule has 4 atom stereocenters. The number of ether oxygens (including phenoxy) is 1. The number of aliphatic hydroxyl groups is 2. The summed E-state index contributed by atoms with van der Waals surface area (Å²) in [5.41, 5.74) is 5.74. The molecule has 202 valence electrons. The van der Waals surface area contributed by atoms with Crippen molar-refractivity contribution in [2.24, 2.45) is 15.7 Å². The van der Waals surface area contributed by atoms with Crippen molar-refractivity contribution >= 4 is 40.6 Å². The van der Waals surface area contributed by atoms with Crippen molar-refractivity contribution in [2.45, 2.75) is 37.7 Å². The van der Waals surface area contributed by atoms with Crippen molar-refractivity contribution in [2.75, 3.05) is 6.61 Å². The van der Waals surface area contributed by atoms with Crippen molar-refractivity contribution in [3.05, 3.63) is 63.8 Å². The Morgan fingerprint density at radius 2 is 1.82 bits per heavy atom. The lowest BCUT2D eigenvalue weighted by Crippen LogP contribution is -2.50. The van der Waals surface area contributed by atoms with Crippen molar-refractivity contribution < 1.29 is 32.5 Å². The fourth-order valence-corrected chi connectivity index (χ4v) is 4.23. The summed E-state index contributed by atoms with van der Waals surface area (Å²) in [6.45, 7) is 0.879. The molecule has 0 amide bonds. The van der Waals surface area contributed by atoms with Crippen molar-refractivity contribution in [3.8, 4) is 11.3 Å². The zero-order chi connectivity index (χ0) is 27.7. The monoisotopic (exact) mass is 574 g/mol. The number of hydrogen-bond donors (Lipinski definition) is 3. The standard InChI is InChI=1S/C23H20Cl2F4N6O3/c1-9(30)31-23(32-16-5-11(24)13(26)4-12(16)25)19-6-18(22(37)20(8-36)38-19)35-7-17(33-34-35)10-2-14(27)21(29)15(28)3-10/h2-5,7,18-20,22,36-37H,6,8H2,1H3,(H2,30,31,32). The summed E-state index contributed by atoms with van der Waals surface area (Å²) >= 11 is 12.0. The third-order valence-corrected chi connectivity index (χ3v) is 6.28. The van der Waals surface area contributed by atoms with Gasteiger partial charge in [-0.05, 0) is 31.2 Å². The molecule has 1 aliphatic heterocycles. The number of aromatic nitrogens is 3. The smallest absolute Gasteiger partial charge is 0.194 e. The number of nitrogens with two attached hydrogens (primary N) is 1. The van der Waals surface area contributed by atoms with Gasteiger partial charge in [-0.1, -0.05) is 28.4 Å². The molecule has 4 rings (SSSR count). The van der Waals surface area contributed by atoms with E-state index in [2.05, 4.69) is 20.3 Å². The molecule has 0 saturated carbocycles. The van der Waals surface area contributed by atoms with Crippen LogP contribution in [0.2, 0.25) is 10.0 Å². The van der Waals surface area contributed by atoms with Crippen LogP contribution in [0.25, 0.3) is 11.3 Å². The summed E-state index contributed by atoms with van der Waals surface area (Å²) < 4.78 is 61.6. The largest absolute Gasteiger partial charge is 0.394 e. The average Bonchev–Trinajstić information content (AvgIpc) is 3.35. The average molecular weight is 575 g/mol. The number of aliphatic imine (C=N–C) groups is 2. The second-order valence-electron chi connectivity index (χ2n) is 8.42. The van der Waals surface area contributed by atoms with E-state index in [0.717, 1.165) is 18.2 Å². The van der Waals surface area contributed by atoms with E-state index in [1.807, 2.05) is 0 Å². The van der Waals surface area contributed by atoms with Crippen LogP contribution in [0.5, 0.6) is 0 Å². The van der Waals surface area contributed by atoms with E-state index in [-0.39, 0.29) is 45.1 Å². The number of amidine groups is 2. The molecule has 0 bridgehead atoms. The third-order valence-electron chi connectivity index (χ3n) is 5.68. The maximum absolute atomic E-state index is 13.8. The van der Waals surface area contributed by atoms with Gasteiger partial charge in [0.25, 0.3) is 0 Å². The maximum atomic E-state index is 13.8. The molecule has 15 heteroatoms. The Kier molecular flexibility index (Phi) is 8.33. The molecular formula is C23H20Cl2F4N6O3. The Morgan fingerprint density at radius 1 is 1.13 bits per heavy atom. The van der Waals surface area contributed by atoms with E-state index in [9.17, 15) is 27.8 Å². The Labute approximate surface area is 223 Å². The molecular weight excluding hydrogens is 555 g/mol. The molecule has 1 aromatic heterocycles. The molecule has 1 fully saturated rings. The number of hydrogen-bond acceptors (Lipinski definition) is 6. The van der Waals surface area contributed by atoms with Gasteiger partial charge in [0.05, 0.1) is 40.4 Å². The SMILES string of the molecule is CC(N)=NC(=Nc1cc(Cl)c(F)cc1Cl)C1CC(n2cc(-c3cc(F)c(F)c(F)c3)nn2)C(O)C(CO)O1. The molecule has 1 saturated heterocycles. The molecule has 2 aromatic carbocycles. The van der Waals surface area contributed by atoms with E-state index < -0.39 is 54.2 Å². The topological polar surface area (TPSA) is 131 Å². The number of halogens is 6. The molecule has 3 aromatic rings. The molecule has 0 aliphatic carbocycles. The minimum atomic E-state index is -1.63. The molecule has 0 radical (unpaired) electrons. The van der Waals surface area contributed by atoms with Crippen LogP contribution in [0.3, 0.4) is 0 Å². The predicted octanol–water partition coefficient (Wildman–Crippen LogP) is 3.97. The normalized spacial score (nSPS) is 22.7. The lowest BCUT2D eigenvalue weighted by molar-refractivity contribution is -0.137. The van der Waals surface area contributed by atoms with Gasteiger partial charge < -0.3 is 20.7 Å². The maximum Gasteiger partial charge on any atom is 0.194 e. The van der Waals surface area contributed by atoms with Gasteiger partial charge in [0.15, 0.2) is 23.3 Å². The second-order valence-corrected chi connectivity index (χ2v) is 9.23. The Bertz CT molecular complexity index is 1390. The Morgan fingerprint density at radius 3 is 2.45 bits per heavy atom. The summed E-state index contributed by atoms with van der Waals surface area (Å²) in [6.07, 6.45) is -2.18. The highest BCUT2D eigenvalue weighted by molar-refractivity contribution is 6.35. The van der Waals surface area contributed by atoms with Crippen molar-refractivity contribution in [1.82, 2.24) is 15.0 Å². The van der Waals surface area contributed by atoms with E-state index in [1.165, 1.54) is 23.9 Å². The number of rotatable bonds is 5. The third kappa shape index (κ3) is 5.81. The van der Waals surface area contributed by atoms with Crippen LogP contribution < -0.4 is 5.73 Å². The predicted molar refractivity (Wildman–Crippen MR) is 132 cm³/mol. The van der Waals surface area contributed by atoms with Crippen LogP contribution in [0, 0.1) is 23.3 Å². The number of aliphatic hydroxyl groups excluding tert-OH is 2. The van der Waals surface area contributed by atoms with Gasteiger partial charge in [0, 0.05) is 12.0 Å². The van der Waals surface area contributed by atoms with Gasteiger partial charge in [-0.25, -0.2) is 32.2 Å². The van der Waals surface area contributed by atoms with Crippen LogP contribution in [0.15, 0.2) is 40.4 Å². The highest BCUT2D eigenvalue weighted by Crippen LogP contribution is 2.35. The Balaban J connectivity index is 1.71. The fourth-order valence-electron chi connectivity index (χ4n) is 3.88. The Hall–Kier alpha value is -3.10. The zero-order valence-corrected chi connectivity index (χ0v) is 21.0. The van der Waals surface area contributed by atoms with E-state index in [1.54, 1.807) is 0 Å². The molecule has 4 N–H and O–H groups in total. The van der Waals surface area contributed by atoms with Crippen LogP contribution in [-0.2, 0) is 4.74 Å². The van der Waals surface area contributed by atoms with E-state index in [4.69, 9.17) is 33.7 Å². The second kappa shape index (κ2) is 11.3. The lowest BCUT2D eigenvalue weighted by atomic mass is 9.95. The minimum absolute atomic E-state index is 0.00367. The van der Waals surface area contributed by atoms with Gasteiger partial charge in [-0.15, -0.1) is 5.10 Å². The summed E-state index contributed by atoms with van der Waals surface area (Å²) in [6, 6.07) is 2.78. The van der Waals surface area contributed by atoms with Crippen LogP contribution in [0.1, 0.15) is 19.4 Å². The van der Waals surface area contributed by atoms with Crippen molar-refractivity contribution in [3.63, 3.8) is 0 Å². The summed E-state index contributed by atoms with van der Waals surface area (Å²) in [7, 11) is 0. The first-order valence-corrected chi connectivity index (χ1v) is 11.8. The van der Waals surface area contributed by atoms with Crippen molar-refractivity contribution in [1.29, 1.82) is 0 Å². The van der Waals surface area contributed by atoms with Gasteiger partial charge in [0.2, 0.25) is 0 Å². The summed E-state index contributed by atoms with van der Waals surface area (Å²) in [4.78, 5) is 8.53. The molecule has 9 nitrogen and oxygen atoms in total. The minimum Gasteiger partial charge on any atom is -0.394 e. The zero-order valence-electron chi connectivity index (χ0n) is 19.5.